The number of imidazole rings is 1. The topological polar surface area (TPSA) is 52.0 Å². The summed E-state index contributed by atoms with van der Waals surface area (Å²) in [6, 6.07) is 14.2. The lowest BCUT2D eigenvalue weighted by Gasteiger charge is -2.11. The largest absolute Gasteiger partial charge is 0.269 e. The molecule has 0 saturated carbocycles. The van der Waals surface area contributed by atoms with Crippen LogP contribution in [-0.4, -0.2) is 17.4 Å². The molecular weight excluding hydrogens is 352 g/mol. The van der Waals surface area contributed by atoms with Crippen molar-refractivity contribution in [2.75, 3.05) is 0 Å². The van der Waals surface area contributed by atoms with E-state index < -0.39 is 10.0 Å². The normalized spacial score (nSPS) is 11.9. The van der Waals surface area contributed by atoms with Crippen molar-refractivity contribution in [1.82, 2.24) is 8.96 Å². The molecule has 0 unspecified atom stereocenters. The first kappa shape index (κ1) is 14.3. The van der Waals surface area contributed by atoms with Gasteiger partial charge in [-0.1, -0.05) is 46.3 Å². The van der Waals surface area contributed by atoms with Crippen LogP contribution in [0.15, 0.2) is 53.4 Å². The van der Waals surface area contributed by atoms with Gasteiger partial charge in [0, 0.05) is 0 Å². The van der Waals surface area contributed by atoms with Crippen LogP contribution in [0, 0.1) is 6.92 Å². The van der Waals surface area contributed by atoms with E-state index in [0.29, 0.717) is 27.1 Å². The third-order valence-electron chi connectivity index (χ3n) is 3.32. The molecule has 0 saturated heterocycles. The summed E-state index contributed by atoms with van der Waals surface area (Å²) in [4.78, 5) is 4.69. The lowest BCUT2D eigenvalue weighted by molar-refractivity contribution is 0.586. The number of para-hydroxylation sites is 2. The van der Waals surface area contributed by atoms with E-state index in [1.54, 1.807) is 31.2 Å². The average molecular weight is 365 g/mol. The van der Waals surface area contributed by atoms with Gasteiger partial charge in [-0.25, -0.2) is 17.4 Å². The van der Waals surface area contributed by atoms with Crippen molar-refractivity contribution >= 4 is 37.0 Å². The second-order valence-corrected chi connectivity index (χ2v) is 7.00. The van der Waals surface area contributed by atoms with Crippen LogP contribution in [0.4, 0.5) is 0 Å². The quantitative estimate of drug-likeness (QED) is 0.668. The molecule has 0 amide bonds. The van der Waals surface area contributed by atoms with Crippen molar-refractivity contribution < 1.29 is 8.42 Å². The molecule has 0 bridgehead atoms. The highest BCUT2D eigenvalue weighted by atomic mass is 79.9. The van der Waals surface area contributed by atoms with Gasteiger partial charge in [0.15, 0.2) is 0 Å². The van der Waals surface area contributed by atoms with Gasteiger partial charge in [0.05, 0.1) is 21.3 Å². The predicted octanol–water partition coefficient (Wildman–Crippen LogP) is 3.48. The maximum Gasteiger partial charge on any atom is 0.269 e. The van der Waals surface area contributed by atoms with Gasteiger partial charge >= 0.3 is 0 Å². The molecule has 0 aliphatic heterocycles. The molecule has 0 aliphatic rings. The first-order valence-electron chi connectivity index (χ1n) is 6.39. The fraction of sp³-hybridized carbons (Fsp3) is 0.133. The molecule has 4 nitrogen and oxygen atoms in total. The number of hydrogen-bond acceptors (Lipinski definition) is 3. The van der Waals surface area contributed by atoms with Crippen LogP contribution in [-0.2, 0) is 15.4 Å². The lowest BCUT2D eigenvalue weighted by Crippen LogP contribution is -2.16. The van der Waals surface area contributed by atoms with Crippen molar-refractivity contribution in [2.45, 2.75) is 17.1 Å². The lowest BCUT2D eigenvalue weighted by atomic mass is 10.2. The van der Waals surface area contributed by atoms with E-state index in [0.717, 1.165) is 5.56 Å². The van der Waals surface area contributed by atoms with Crippen LogP contribution in [0.5, 0.6) is 0 Å². The molecule has 0 radical (unpaired) electrons. The molecule has 0 N–H and O–H groups in total. The Morgan fingerprint density at radius 2 is 1.76 bits per heavy atom. The van der Waals surface area contributed by atoms with E-state index in [2.05, 4.69) is 20.9 Å². The Labute approximate surface area is 131 Å². The molecule has 0 fully saturated rings. The first-order chi connectivity index (χ1) is 10.1. The van der Waals surface area contributed by atoms with Crippen LogP contribution in [0.1, 0.15) is 11.4 Å². The highest BCUT2D eigenvalue weighted by Gasteiger charge is 2.24. The second-order valence-electron chi connectivity index (χ2n) is 4.69. The highest BCUT2D eigenvalue weighted by Crippen LogP contribution is 2.25. The van der Waals surface area contributed by atoms with Crippen molar-refractivity contribution in [3.63, 3.8) is 0 Å². The predicted molar refractivity (Wildman–Crippen MR) is 86.1 cm³/mol. The molecule has 6 heteroatoms. The number of fused-ring (bicyclic) bond motifs is 1. The minimum absolute atomic E-state index is 0.301. The van der Waals surface area contributed by atoms with Crippen LogP contribution in [0.25, 0.3) is 11.0 Å². The maximum atomic E-state index is 13.0. The summed E-state index contributed by atoms with van der Waals surface area (Å²) in [6.07, 6.45) is 0. The Balaban J connectivity index is 2.36. The Morgan fingerprint density at radius 1 is 1.10 bits per heavy atom. The Bertz CT molecular complexity index is 916. The molecule has 3 rings (SSSR count). The summed E-state index contributed by atoms with van der Waals surface area (Å²) >= 11 is 3.32. The van der Waals surface area contributed by atoms with Gasteiger partial charge in [-0.2, -0.15) is 0 Å². The Morgan fingerprint density at radius 3 is 2.48 bits per heavy atom. The summed E-state index contributed by atoms with van der Waals surface area (Å²) in [6.45, 7) is 1.79. The fourth-order valence-corrected chi connectivity index (χ4v) is 4.61. The third-order valence-corrected chi connectivity index (χ3v) is 5.72. The summed E-state index contributed by atoms with van der Waals surface area (Å²) in [5.41, 5.74) is 1.98. The van der Waals surface area contributed by atoms with Crippen LogP contribution in [0.3, 0.4) is 0 Å². The number of aryl methyl sites for hydroxylation is 1. The van der Waals surface area contributed by atoms with Gasteiger partial charge in [0.1, 0.15) is 5.82 Å². The van der Waals surface area contributed by atoms with Crippen molar-refractivity contribution in [3.8, 4) is 0 Å². The van der Waals surface area contributed by atoms with E-state index in [-0.39, 0.29) is 0 Å². The van der Waals surface area contributed by atoms with Gasteiger partial charge in [-0.05, 0) is 30.7 Å². The number of benzene rings is 2. The molecule has 1 aromatic heterocycles. The highest BCUT2D eigenvalue weighted by molar-refractivity contribution is 9.08. The van der Waals surface area contributed by atoms with Crippen molar-refractivity contribution in [1.29, 1.82) is 0 Å². The first-order valence-corrected chi connectivity index (χ1v) is 8.95. The van der Waals surface area contributed by atoms with E-state index >= 15 is 0 Å². The molecule has 0 atom stereocenters. The minimum atomic E-state index is -3.67. The third kappa shape index (κ3) is 2.28. The number of nitrogens with zero attached hydrogens (tertiary/aromatic N) is 2. The van der Waals surface area contributed by atoms with Gasteiger partial charge in [-0.15, -0.1) is 0 Å². The molecule has 0 aliphatic carbocycles. The molecular formula is C15H13BrN2O2S. The van der Waals surface area contributed by atoms with Crippen molar-refractivity contribution in [2.24, 2.45) is 0 Å². The van der Waals surface area contributed by atoms with E-state index in [1.807, 2.05) is 24.3 Å². The molecule has 21 heavy (non-hydrogen) atoms. The summed E-state index contributed by atoms with van der Waals surface area (Å²) in [5.74, 6) is 0.472. The zero-order valence-electron chi connectivity index (χ0n) is 11.3. The standard InChI is InChI=1S/C15H13BrN2O2S/c1-11-6-2-5-9-14(11)21(19,20)18-13-8-4-3-7-12(13)17-15(18)10-16/h2-9H,10H2,1H3. The molecule has 108 valence electrons. The van der Waals surface area contributed by atoms with Gasteiger partial charge < -0.3 is 0 Å². The minimum Gasteiger partial charge on any atom is -0.231 e. The number of aromatic nitrogens is 2. The fourth-order valence-electron chi connectivity index (χ4n) is 2.35. The summed E-state index contributed by atoms with van der Waals surface area (Å²) in [7, 11) is -3.67. The smallest absolute Gasteiger partial charge is 0.231 e. The van der Waals surface area contributed by atoms with Crippen LogP contribution >= 0.6 is 15.9 Å². The average Bonchev–Trinajstić information content (AvgIpc) is 2.86. The molecule has 0 spiro atoms. The van der Waals surface area contributed by atoms with Crippen molar-refractivity contribution in [3.05, 3.63) is 59.9 Å². The van der Waals surface area contributed by atoms with E-state index in [1.165, 1.54) is 3.97 Å². The monoisotopic (exact) mass is 364 g/mol. The van der Waals surface area contributed by atoms with Crippen LogP contribution in [0.2, 0.25) is 0 Å². The summed E-state index contributed by atoms with van der Waals surface area (Å²) < 4.78 is 27.3. The Kier molecular flexibility index (Phi) is 3.59. The number of rotatable bonds is 3. The zero-order valence-corrected chi connectivity index (χ0v) is 13.7. The number of halogens is 1. The van der Waals surface area contributed by atoms with Crippen LogP contribution < -0.4 is 0 Å². The number of alkyl halides is 1. The maximum absolute atomic E-state index is 13.0. The Hall–Kier alpha value is -1.66. The van der Waals surface area contributed by atoms with E-state index in [4.69, 9.17) is 0 Å². The molecule has 3 aromatic rings. The van der Waals surface area contributed by atoms with E-state index in [9.17, 15) is 8.42 Å². The van der Waals surface area contributed by atoms with Gasteiger partial charge in [0.25, 0.3) is 10.0 Å². The number of hydrogen-bond donors (Lipinski definition) is 0. The molecule has 2 aromatic carbocycles. The molecule has 1 heterocycles. The summed E-state index contributed by atoms with van der Waals surface area (Å²) in [5, 5.41) is 0.368. The van der Waals surface area contributed by atoms with Gasteiger partial charge in [0.2, 0.25) is 0 Å². The SMILES string of the molecule is Cc1ccccc1S(=O)(=O)n1c(CBr)nc2ccccc21. The van der Waals surface area contributed by atoms with Gasteiger partial charge in [-0.3, -0.25) is 0 Å². The second kappa shape index (κ2) is 5.27. The zero-order chi connectivity index (χ0) is 15.0.